The fraction of sp³-hybridized carbons (Fsp3) is 0.211. The summed E-state index contributed by atoms with van der Waals surface area (Å²) in [6.45, 7) is 6.14. The van der Waals surface area contributed by atoms with E-state index in [0.717, 1.165) is 10.0 Å². The molecule has 0 amide bonds. The van der Waals surface area contributed by atoms with Crippen molar-refractivity contribution in [2.45, 2.75) is 36.0 Å². The van der Waals surface area contributed by atoms with Gasteiger partial charge in [0.25, 0.3) is 0 Å². The summed E-state index contributed by atoms with van der Waals surface area (Å²) < 4.78 is 31.7. The van der Waals surface area contributed by atoms with Crippen LogP contribution in [-0.4, -0.2) is 8.42 Å². The first-order valence-corrected chi connectivity index (χ1v) is 9.96. The van der Waals surface area contributed by atoms with Gasteiger partial charge >= 0.3 is 5.63 Å². The lowest BCUT2D eigenvalue weighted by Crippen LogP contribution is -2.15. The average molecular weight is 421 g/mol. The van der Waals surface area contributed by atoms with Crippen molar-refractivity contribution in [3.05, 3.63) is 69.0 Å². The molecule has 130 valence electrons. The second-order valence-corrected chi connectivity index (χ2v) is 9.69. The Morgan fingerprint density at radius 3 is 2.20 bits per heavy atom. The molecule has 1 heterocycles. The minimum absolute atomic E-state index is 0.0714. The van der Waals surface area contributed by atoms with Gasteiger partial charge in [-0.15, -0.1) is 0 Å². The summed E-state index contributed by atoms with van der Waals surface area (Å²) >= 11 is 3.33. The minimum atomic E-state index is -3.96. The average Bonchev–Trinajstić information content (AvgIpc) is 2.54. The molecule has 0 atom stereocenters. The van der Waals surface area contributed by atoms with Gasteiger partial charge in [-0.05, 0) is 47.4 Å². The summed E-state index contributed by atoms with van der Waals surface area (Å²) in [5.74, 6) is 0. The van der Waals surface area contributed by atoms with Gasteiger partial charge < -0.3 is 4.42 Å². The third-order valence-corrected chi connectivity index (χ3v) is 6.23. The molecule has 0 saturated carbocycles. The van der Waals surface area contributed by atoms with E-state index < -0.39 is 15.5 Å². The lowest BCUT2D eigenvalue weighted by Gasteiger charge is -2.19. The van der Waals surface area contributed by atoms with Gasteiger partial charge in [0.05, 0.1) is 4.90 Å². The van der Waals surface area contributed by atoms with Crippen molar-refractivity contribution in [1.29, 1.82) is 0 Å². The molecule has 0 aliphatic heterocycles. The van der Waals surface area contributed by atoms with Crippen LogP contribution in [0.5, 0.6) is 0 Å². The van der Waals surface area contributed by atoms with E-state index in [2.05, 4.69) is 15.9 Å². The number of halogens is 1. The Labute approximate surface area is 154 Å². The SMILES string of the molecule is CC(C)(C)c1ccc(S(=O)(=O)c2cc3cc(Br)ccc3oc2=O)cc1. The Hall–Kier alpha value is -1.92. The quantitative estimate of drug-likeness (QED) is 0.564. The monoisotopic (exact) mass is 420 g/mol. The first-order chi connectivity index (χ1) is 11.6. The molecule has 0 saturated heterocycles. The smallest absolute Gasteiger partial charge is 0.355 e. The number of fused-ring (bicyclic) bond motifs is 1. The molecule has 1 aromatic heterocycles. The molecular formula is C19H17BrO4S. The molecule has 0 unspecified atom stereocenters. The molecule has 2 aromatic carbocycles. The number of hydrogen-bond acceptors (Lipinski definition) is 4. The zero-order chi connectivity index (χ0) is 18.4. The van der Waals surface area contributed by atoms with Gasteiger partial charge in [0.1, 0.15) is 5.58 Å². The fourth-order valence-corrected chi connectivity index (χ4v) is 4.19. The van der Waals surface area contributed by atoms with Crippen molar-refractivity contribution in [2.75, 3.05) is 0 Å². The van der Waals surface area contributed by atoms with Crippen molar-refractivity contribution in [1.82, 2.24) is 0 Å². The van der Waals surface area contributed by atoms with Crippen LogP contribution < -0.4 is 5.63 Å². The Balaban J connectivity index is 2.15. The van der Waals surface area contributed by atoms with Crippen molar-refractivity contribution < 1.29 is 12.8 Å². The van der Waals surface area contributed by atoms with E-state index in [1.807, 2.05) is 20.8 Å². The van der Waals surface area contributed by atoms with Gasteiger partial charge in [-0.2, -0.15) is 0 Å². The van der Waals surface area contributed by atoms with Crippen molar-refractivity contribution in [2.24, 2.45) is 0 Å². The molecule has 0 aliphatic rings. The highest BCUT2D eigenvalue weighted by atomic mass is 79.9. The Morgan fingerprint density at radius 1 is 0.960 bits per heavy atom. The molecule has 0 fully saturated rings. The lowest BCUT2D eigenvalue weighted by molar-refractivity contribution is 0.532. The fourth-order valence-electron chi connectivity index (χ4n) is 2.52. The molecule has 0 bridgehead atoms. The summed E-state index contributed by atoms with van der Waals surface area (Å²) in [6.07, 6.45) is 0. The minimum Gasteiger partial charge on any atom is -0.422 e. The van der Waals surface area contributed by atoms with Gasteiger partial charge in [-0.25, -0.2) is 13.2 Å². The molecule has 25 heavy (non-hydrogen) atoms. The normalized spacial score (nSPS) is 12.5. The van der Waals surface area contributed by atoms with Crippen LogP contribution in [0.1, 0.15) is 26.3 Å². The van der Waals surface area contributed by atoms with Gasteiger partial charge in [0.15, 0.2) is 4.90 Å². The zero-order valence-corrected chi connectivity index (χ0v) is 16.4. The van der Waals surface area contributed by atoms with Crippen LogP contribution >= 0.6 is 15.9 Å². The molecule has 0 radical (unpaired) electrons. The van der Waals surface area contributed by atoms with E-state index >= 15 is 0 Å². The maximum absolute atomic E-state index is 12.9. The Bertz CT molecular complexity index is 1100. The maximum atomic E-state index is 12.9. The molecule has 0 N–H and O–H groups in total. The van der Waals surface area contributed by atoms with Crippen LogP contribution in [0.2, 0.25) is 0 Å². The summed E-state index contributed by atoms with van der Waals surface area (Å²) in [5.41, 5.74) is 0.405. The highest BCUT2D eigenvalue weighted by Gasteiger charge is 2.24. The van der Waals surface area contributed by atoms with Crippen molar-refractivity contribution >= 4 is 36.7 Å². The molecular weight excluding hydrogens is 404 g/mol. The van der Waals surface area contributed by atoms with E-state index in [9.17, 15) is 13.2 Å². The first-order valence-electron chi connectivity index (χ1n) is 7.68. The van der Waals surface area contributed by atoms with E-state index in [1.54, 1.807) is 30.3 Å². The first kappa shape index (κ1) is 17.9. The number of hydrogen-bond donors (Lipinski definition) is 0. The topological polar surface area (TPSA) is 64.3 Å². The molecule has 6 heteroatoms. The summed E-state index contributed by atoms with van der Waals surface area (Å²) in [5, 5.41) is 0.541. The molecule has 0 aliphatic carbocycles. The van der Waals surface area contributed by atoms with Crippen molar-refractivity contribution in [3.8, 4) is 0 Å². The van der Waals surface area contributed by atoms with Crippen LogP contribution in [0.4, 0.5) is 0 Å². The van der Waals surface area contributed by atoms with Gasteiger partial charge in [0.2, 0.25) is 9.84 Å². The molecule has 3 rings (SSSR count). The predicted molar refractivity (Wildman–Crippen MR) is 101 cm³/mol. The number of benzene rings is 2. The van der Waals surface area contributed by atoms with E-state index in [0.29, 0.717) is 11.0 Å². The Morgan fingerprint density at radius 2 is 1.60 bits per heavy atom. The number of rotatable bonds is 2. The second-order valence-electron chi connectivity index (χ2n) is 6.86. The highest BCUT2D eigenvalue weighted by molar-refractivity contribution is 9.10. The molecule has 0 spiro atoms. The third kappa shape index (κ3) is 3.41. The van der Waals surface area contributed by atoms with Crippen LogP contribution in [0, 0.1) is 0 Å². The standard InChI is InChI=1S/C19H17BrO4S/c1-19(2,3)13-4-7-15(8-5-13)25(22,23)17-11-12-10-14(20)6-9-16(12)24-18(17)21/h4-11H,1-3H3. The van der Waals surface area contributed by atoms with Crippen LogP contribution in [-0.2, 0) is 15.3 Å². The van der Waals surface area contributed by atoms with Crippen LogP contribution in [0.25, 0.3) is 11.0 Å². The summed E-state index contributed by atoms with van der Waals surface area (Å²) in [6, 6.07) is 13.0. The second kappa shape index (κ2) is 6.11. The lowest BCUT2D eigenvalue weighted by atomic mass is 9.87. The van der Waals surface area contributed by atoms with Crippen molar-refractivity contribution in [3.63, 3.8) is 0 Å². The van der Waals surface area contributed by atoms with Gasteiger partial charge in [-0.3, -0.25) is 0 Å². The van der Waals surface area contributed by atoms with Gasteiger partial charge in [0, 0.05) is 9.86 Å². The maximum Gasteiger partial charge on any atom is 0.355 e. The zero-order valence-electron chi connectivity index (χ0n) is 14.0. The molecule has 3 aromatic rings. The Kier molecular flexibility index (Phi) is 4.37. The van der Waals surface area contributed by atoms with Crippen LogP contribution in [0.3, 0.4) is 0 Å². The predicted octanol–water partition coefficient (Wildman–Crippen LogP) is 4.69. The summed E-state index contributed by atoms with van der Waals surface area (Å²) in [4.78, 5) is 11.9. The summed E-state index contributed by atoms with van der Waals surface area (Å²) in [7, 11) is -3.96. The van der Waals surface area contributed by atoms with E-state index in [1.165, 1.54) is 18.2 Å². The van der Waals surface area contributed by atoms with E-state index in [4.69, 9.17) is 4.42 Å². The van der Waals surface area contributed by atoms with E-state index in [-0.39, 0.29) is 15.2 Å². The third-order valence-electron chi connectivity index (χ3n) is 3.98. The molecule has 4 nitrogen and oxygen atoms in total. The van der Waals surface area contributed by atoms with Gasteiger partial charge in [-0.1, -0.05) is 48.8 Å². The van der Waals surface area contributed by atoms with Crippen LogP contribution in [0.15, 0.2) is 72.0 Å². The number of sulfone groups is 1. The highest BCUT2D eigenvalue weighted by Crippen LogP contribution is 2.27. The largest absolute Gasteiger partial charge is 0.422 e.